The Balaban J connectivity index is 0.000000193. The summed E-state index contributed by atoms with van der Waals surface area (Å²) in [5.74, 6) is 19.9. The molecule has 16 aliphatic rings. The standard InChI is InChI=1S/C11H22.C10H18.2C9H16.3C9H18.C8H14.2C8H16.C7H14/c1-9-10(2,3)7-6-8-11(9,4)5;1-7-8-4-5-9(6-8)10(7,2)3;1-7-5-8-3-4-9(7,2)6-8;1-7-6-8-2-4-9(7)5-3-8;1-8-4-6-9(2,3)7-5-8;1-8-6-4-5-7-9(8,2)3;1-7-5-4-6-8(2)9(7)3;1-6-4-7-2-3-8(6)5-7;1-3-8(2)6-4-5-7-8;1-2-8-6-4-3-5-7-8;1-2-7-5-3-4-6-7/h9H,6-8H2,1-5H3;7-9H,4-6H2,1-3H3;7-8H,3-6H2,1-2H3;7-9H,2-6H2,1H3;2*8H,4-7H2,1-3H3;7-9H,4-6H2,1-3H3;6-8H,2-5H2,1H3;3-7H2,1-2H3;8H,2-7H2,1H3;7H,2-6H2,1H3/t;;;7-,8?,9?;;8-;;;;;/m...0.1...../s1. The van der Waals surface area contributed by atoms with E-state index >= 15 is 0 Å². The fourth-order valence-electron chi connectivity index (χ4n) is 23.4. The molecule has 11 unspecified atom stereocenters. The first-order valence-electron chi connectivity index (χ1n) is 45.5. The van der Waals surface area contributed by atoms with Crippen LogP contribution in [0, 0.1) is 150 Å². The van der Waals surface area contributed by atoms with Crippen LogP contribution >= 0.6 is 0 Å². The largest absolute Gasteiger partial charge is 0.0651 e. The van der Waals surface area contributed by atoms with E-state index in [0.29, 0.717) is 27.1 Å². The summed E-state index contributed by atoms with van der Waals surface area (Å²) >= 11 is 0. The third-order valence-electron chi connectivity index (χ3n) is 34.4. The summed E-state index contributed by atoms with van der Waals surface area (Å²) in [5, 5.41) is 0. The molecule has 0 aromatic rings. The van der Waals surface area contributed by atoms with E-state index in [4.69, 9.17) is 0 Å². The maximum absolute atomic E-state index is 2.48. The number of fused-ring (bicyclic) bond motifs is 9. The summed E-state index contributed by atoms with van der Waals surface area (Å²) in [6.45, 7) is 60.1. The van der Waals surface area contributed by atoms with Crippen molar-refractivity contribution in [3.05, 3.63) is 0 Å². The lowest BCUT2D eigenvalue weighted by Gasteiger charge is -2.47. The summed E-state index contributed by atoms with van der Waals surface area (Å²) in [6.07, 6.45) is 68.5. The Morgan fingerprint density at radius 3 is 1.06 bits per heavy atom. The van der Waals surface area contributed by atoms with Crippen molar-refractivity contribution >= 4 is 0 Å². The maximum Gasteiger partial charge on any atom is -0.0297 e. The highest BCUT2D eigenvalue weighted by Crippen LogP contribution is 2.60. The molecule has 0 heterocycles. The lowest BCUT2D eigenvalue weighted by molar-refractivity contribution is 0.0286. The highest BCUT2D eigenvalue weighted by Gasteiger charge is 2.50. The van der Waals surface area contributed by atoms with Gasteiger partial charge in [0.2, 0.25) is 0 Å². The molecule has 0 spiro atoms. The van der Waals surface area contributed by atoms with Crippen molar-refractivity contribution in [2.45, 2.75) is 468 Å². The normalized spacial score (nSPS) is 38.6. The Morgan fingerprint density at radius 1 is 0.309 bits per heavy atom. The van der Waals surface area contributed by atoms with Crippen LogP contribution < -0.4 is 0 Å². The Kier molecular flexibility index (Phi) is 37.2. The summed E-state index contributed by atoms with van der Waals surface area (Å²) in [5.41, 5.74) is 4.61. The Labute approximate surface area is 615 Å². The first kappa shape index (κ1) is 87.6. The van der Waals surface area contributed by atoms with E-state index < -0.39 is 0 Å². The van der Waals surface area contributed by atoms with Crippen molar-refractivity contribution < 1.29 is 0 Å². The van der Waals surface area contributed by atoms with E-state index in [1.807, 2.05) is 0 Å². The van der Waals surface area contributed by atoms with Gasteiger partial charge in [-0.2, -0.15) is 0 Å². The molecule has 0 heteroatoms. The zero-order valence-electron chi connectivity index (χ0n) is 72.0. The third-order valence-corrected chi connectivity index (χ3v) is 34.4. The van der Waals surface area contributed by atoms with Gasteiger partial charge in [0.25, 0.3) is 0 Å². The van der Waals surface area contributed by atoms with Crippen LogP contribution in [0.15, 0.2) is 0 Å². The van der Waals surface area contributed by atoms with Gasteiger partial charge in [-0.05, 0) is 279 Å². The molecule has 0 saturated heterocycles. The van der Waals surface area contributed by atoms with Crippen LogP contribution in [0.3, 0.4) is 0 Å². The zero-order chi connectivity index (χ0) is 72.0. The van der Waals surface area contributed by atoms with Crippen LogP contribution in [0.5, 0.6) is 0 Å². The van der Waals surface area contributed by atoms with Gasteiger partial charge in [-0.25, -0.2) is 0 Å². The topological polar surface area (TPSA) is 0 Å². The second-order valence-corrected chi connectivity index (χ2v) is 43.5. The SMILES string of the molecule is CC1C(C)(C)CCCC1(C)C.CC1C2CCC(C2)C1(C)C.CC1CC2CCC1(C)C2.CC1CC2CCC1C2.CC1CCC(C)(C)CC1.CC1CCCC(C)C1C.CCC1(C)CCCC1.CCC1CCCC1.CCC1CCCCC1.C[C@@H]1CCCCC1(C)C.C[C@H]1CC2CCC1CC2. The lowest BCUT2D eigenvalue weighted by atomic mass is 9.58. The van der Waals surface area contributed by atoms with E-state index in [9.17, 15) is 0 Å². The highest BCUT2D eigenvalue weighted by atomic mass is 14.6. The van der Waals surface area contributed by atoms with Crippen LogP contribution in [0.2, 0.25) is 0 Å². The lowest BCUT2D eigenvalue weighted by Crippen LogP contribution is -2.38. The molecule has 13 atom stereocenters. The van der Waals surface area contributed by atoms with Crippen LogP contribution in [-0.2, 0) is 0 Å². The van der Waals surface area contributed by atoms with Crippen molar-refractivity contribution in [1.29, 1.82) is 0 Å². The number of hydrogen-bond donors (Lipinski definition) is 0. The van der Waals surface area contributed by atoms with Gasteiger partial charge >= 0.3 is 0 Å². The van der Waals surface area contributed by atoms with Crippen molar-refractivity contribution in [2.75, 3.05) is 0 Å². The number of rotatable bonds is 3. The summed E-state index contributed by atoms with van der Waals surface area (Å²) < 4.78 is 0. The summed E-state index contributed by atoms with van der Waals surface area (Å²) in [7, 11) is 0. The smallest absolute Gasteiger partial charge is 0.0297 e. The molecule has 0 N–H and O–H groups in total. The van der Waals surface area contributed by atoms with Gasteiger partial charge in [0.15, 0.2) is 0 Å². The summed E-state index contributed by atoms with van der Waals surface area (Å²) in [6, 6.07) is 0. The van der Waals surface area contributed by atoms with E-state index in [1.165, 1.54) is 238 Å². The Hall–Kier alpha value is 0. The van der Waals surface area contributed by atoms with Gasteiger partial charge in [-0.15, -0.1) is 0 Å². The fraction of sp³-hybridized carbons (Fsp3) is 1.00. The van der Waals surface area contributed by atoms with Crippen LogP contribution in [0.25, 0.3) is 0 Å². The fourth-order valence-corrected chi connectivity index (χ4v) is 23.4. The molecule has 0 amide bonds. The second kappa shape index (κ2) is 41.2. The monoisotopic (exact) mass is 1350 g/mol. The molecule has 16 fully saturated rings. The van der Waals surface area contributed by atoms with Gasteiger partial charge < -0.3 is 0 Å². The number of hydrogen-bond acceptors (Lipinski definition) is 0. The average molecular weight is 1350 g/mol. The minimum Gasteiger partial charge on any atom is -0.0651 e. The molecule has 16 aliphatic carbocycles. The molecule has 8 bridgehead atoms. The molecule has 16 saturated carbocycles. The Morgan fingerprint density at radius 2 is 0.784 bits per heavy atom. The zero-order valence-corrected chi connectivity index (χ0v) is 72.0. The second-order valence-electron chi connectivity index (χ2n) is 43.5. The first-order chi connectivity index (χ1) is 45.5. The molecular formula is C97H186. The first-order valence-corrected chi connectivity index (χ1v) is 45.5. The quantitative estimate of drug-likeness (QED) is 0.264. The predicted octanol–water partition coefficient (Wildman–Crippen LogP) is 33.1. The Bertz CT molecular complexity index is 1990. The van der Waals surface area contributed by atoms with Gasteiger partial charge in [0.1, 0.15) is 0 Å². The van der Waals surface area contributed by atoms with E-state index in [-0.39, 0.29) is 0 Å². The van der Waals surface area contributed by atoms with Crippen LogP contribution in [-0.4, -0.2) is 0 Å². The average Bonchev–Trinajstić information content (AvgIpc) is 1.67. The third kappa shape index (κ3) is 28.7. The molecule has 0 aromatic heterocycles. The predicted molar refractivity (Wildman–Crippen MR) is 438 cm³/mol. The van der Waals surface area contributed by atoms with Crippen LogP contribution in [0.1, 0.15) is 468 Å². The molecule has 0 radical (unpaired) electrons. The molecule has 574 valence electrons. The van der Waals surface area contributed by atoms with Gasteiger partial charge in [-0.3, -0.25) is 0 Å². The van der Waals surface area contributed by atoms with Crippen molar-refractivity contribution in [3.63, 3.8) is 0 Å². The minimum atomic E-state index is 0.571. The van der Waals surface area contributed by atoms with E-state index in [1.54, 1.807) is 57.8 Å². The molecule has 0 aliphatic heterocycles. The van der Waals surface area contributed by atoms with Crippen LogP contribution in [0.4, 0.5) is 0 Å². The highest BCUT2D eigenvalue weighted by molar-refractivity contribution is 5.00. The molecule has 16 rings (SSSR count). The van der Waals surface area contributed by atoms with Crippen molar-refractivity contribution in [2.24, 2.45) is 150 Å². The van der Waals surface area contributed by atoms with E-state index in [2.05, 4.69) is 173 Å². The van der Waals surface area contributed by atoms with Gasteiger partial charge in [0.05, 0.1) is 0 Å². The molecule has 0 aromatic carbocycles. The maximum atomic E-state index is 2.48. The van der Waals surface area contributed by atoms with Gasteiger partial charge in [0, 0.05) is 0 Å². The molecular weight excluding hydrogens is 1170 g/mol. The molecule has 0 nitrogen and oxygen atoms in total. The van der Waals surface area contributed by atoms with Crippen molar-refractivity contribution in [3.8, 4) is 0 Å². The molecule has 97 heavy (non-hydrogen) atoms. The van der Waals surface area contributed by atoms with E-state index in [0.717, 1.165) is 123 Å². The minimum absolute atomic E-state index is 0.571. The van der Waals surface area contributed by atoms with Gasteiger partial charge in [-0.1, -0.05) is 340 Å². The van der Waals surface area contributed by atoms with Crippen molar-refractivity contribution in [1.82, 2.24) is 0 Å². The summed E-state index contributed by atoms with van der Waals surface area (Å²) in [4.78, 5) is 0.